The lowest BCUT2D eigenvalue weighted by Gasteiger charge is -2.33. The summed E-state index contributed by atoms with van der Waals surface area (Å²) in [6.45, 7) is 5.23. The van der Waals surface area contributed by atoms with Gasteiger partial charge in [-0.2, -0.15) is 0 Å². The molecule has 0 aliphatic heterocycles. The van der Waals surface area contributed by atoms with Crippen molar-refractivity contribution >= 4 is 39.1 Å². The number of sulfonamides is 1. The van der Waals surface area contributed by atoms with Gasteiger partial charge in [-0.15, -0.1) is 0 Å². The maximum atomic E-state index is 14.1. The summed E-state index contributed by atoms with van der Waals surface area (Å²) in [5, 5.41) is 3.53. The van der Waals surface area contributed by atoms with Crippen molar-refractivity contribution < 1.29 is 18.0 Å². The second kappa shape index (κ2) is 13.5. The lowest BCUT2D eigenvalue weighted by atomic mass is 9.95. The Hall–Kier alpha value is -3.36. The number of hydrogen-bond donors (Lipinski definition) is 1. The Kier molecular flexibility index (Phi) is 10.1. The van der Waals surface area contributed by atoms with E-state index in [2.05, 4.69) is 5.32 Å². The van der Waals surface area contributed by atoms with Crippen LogP contribution in [-0.4, -0.2) is 43.8 Å². The zero-order chi connectivity index (χ0) is 29.6. The van der Waals surface area contributed by atoms with Crippen LogP contribution >= 0.6 is 11.6 Å². The molecule has 2 amide bonds. The molecule has 1 fully saturated rings. The first kappa shape index (κ1) is 30.6. The summed E-state index contributed by atoms with van der Waals surface area (Å²) < 4.78 is 28.9. The topological polar surface area (TPSA) is 86.8 Å². The smallest absolute Gasteiger partial charge is 0.264 e. The lowest BCUT2D eigenvalue weighted by Crippen LogP contribution is -2.53. The lowest BCUT2D eigenvalue weighted by molar-refractivity contribution is -0.139. The fraction of sp³-hybridized carbons (Fsp3) is 0.375. The zero-order valence-electron chi connectivity index (χ0n) is 23.8. The van der Waals surface area contributed by atoms with Gasteiger partial charge >= 0.3 is 0 Å². The molecule has 41 heavy (non-hydrogen) atoms. The highest BCUT2D eigenvalue weighted by Crippen LogP contribution is 2.26. The van der Waals surface area contributed by atoms with Crippen LogP contribution in [0.15, 0.2) is 77.7 Å². The Morgan fingerprint density at radius 1 is 0.927 bits per heavy atom. The SMILES string of the molecule is Cc1cccc(CN(C(=O)CN(c2cccc(C)c2)S(=O)(=O)c2ccc(Cl)cc2)[C@H](C)C(=O)NC2CCCCC2)c1. The number of anilines is 1. The van der Waals surface area contributed by atoms with Crippen molar-refractivity contribution in [3.63, 3.8) is 0 Å². The van der Waals surface area contributed by atoms with Gasteiger partial charge in [0.15, 0.2) is 0 Å². The van der Waals surface area contributed by atoms with Crippen LogP contribution in [0.2, 0.25) is 5.02 Å². The van der Waals surface area contributed by atoms with E-state index in [-0.39, 0.29) is 23.4 Å². The van der Waals surface area contributed by atoms with Crippen LogP contribution < -0.4 is 9.62 Å². The van der Waals surface area contributed by atoms with Gasteiger partial charge in [0.1, 0.15) is 12.6 Å². The Bertz CT molecular complexity index is 1470. The molecule has 1 atom stereocenters. The van der Waals surface area contributed by atoms with Crippen LogP contribution in [0.25, 0.3) is 0 Å². The van der Waals surface area contributed by atoms with E-state index in [1.807, 2.05) is 44.2 Å². The largest absolute Gasteiger partial charge is 0.352 e. The summed E-state index contributed by atoms with van der Waals surface area (Å²) in [5.74, 6) is -0.711. The van der Waals surface area contributed by atoms with E-state index in [0.717, 1.165) is 53.1 Å². The van der Waals surface area contributed by atoms with Gasteiger partial charge in [-0.3, -0.25) is 13.9 Å². The third kappa shape index (κ3) is 7.89. The summed E-state index contributed by atoms with van der Waals surface area (Å²) >= 11 is 6.02. The Morgan fingerprint density at radius 2 is 1.56 bits per heavy atom. The molecule has 1 saturated carbocycles. The van der Waals surface area contributed by atoms with Crippen molar-refractivity contribution in [1.82, 2.24) is 10.2 Å². The molecule has 4 rings (SSSR count). The maximum absolute atomic E-state index is 14.1. The van der Waals surface area contributed by atoms with Crippen LogP contribution in [0.5, 0.6) is 0 Å². The van der Waals surface area contributed by atoms with Crippen molar-refractivity contribution in [2.75, 3.05) is 10.8 Å². The molecule has 0 spiro atoms. The monoisotopic (exact) mass is 595 g/mol. The number of aryl methyl sites for hydroxylation is 2. The fourth-order valence-electron chi connectivity index (χ4n) is 5.20. The number of benzene rings is 3. The van der Waals surface area contributed by atoms with Crippen molar-refractivity contribution in [2.45, 2.75) is 76.4 Å². The molecule has 0 bridgehead atoms. The van der Waals surface area contributed by atoms with Gasteiger partial charge in [-0.1, -0.05) is 72.8 Å². The van der Waals surface area contributed by atoms with Crippen molar-refractivity contribution in [1.29, 1.82) is 0 Å². The number of rotatable bonds is 10. The molecular formula is C32H38ClN3O4S. The van der Waals surface area contributed by atoms with Gasteiger partial charge in [0.2, 0.25) is 11.8 Å². The maximum Gasteiger partial charge on any atom is 0.264 e. The Labute approximate surface area is 248 Å². The first-order valence-corrected chi connectivity index (χ1v) is 15.9. The normalized spacial score (nSPS) is 14.7. The first-order chi connectivity index (χ1) is 19.5. The number of amides is 2. The summed E-state index contributed by atoms with van der Waals surface area (Å²) in [7, 11) is -4.14. The average molecular weight is 596 g/mol. The molecule has 7 nitrogen and oxygen atoms in total. The quantitative estimate of drug-likeness (QED) is 0.311. The highest BCUT2D eigenvalue weighted by atomic mass is 35.5. The third-order valence-electron chi connectivity index (χ3n) is 7.52. The number of nitrogens with one attached hydrogen (secondary N) is 1. The minimum Gasteiger partial charge on any atom is -0.352 e. The van der Waals surface area contributed by atoms with E-state index in [1.54, 1.807) is 25.1 Å². The minimum atomic E-state index is -4.14. The van der Waals surface area contributed by atoms with E-state index in [9.17, 15) is 18.0 Å². The van der Waals surface area contributed by atoms with Gasteiger partial charge in [0.25, 0.3) is 10.0 Å². The molecule has 1 N–H and O–H groups in total. The molecule has 0 unspecified atom stereocenters. The summed E-state index contributed by atoms with van der Waals surface area (Å²) in [4.78, 5) is 29.0. The molecule has 9 heteroatoms. The summed E-state index contributed by atoms with van der Waals surface area (Å²) in [6.07, 6.45) is 5.14. The Balaban J connectivity index is 1.68. The van der Waals surface area contributed by atoms with Gasteiger partial charge in [0, 0.05) is 17.6 Å². The molecule has 0 heterocycles. The first-order valence-electron chi connectivity index (χ1n) is 14.0. The van der Waals surface area contributed by atoms with Crippen LogP contribution in [0.1, 0.15) is 55.7 Å². The van der Waals surface area contributed by atoms with Gasteiger partial charge in [0.05, 0.1) is 10.6 Å². The van der Waals surface area contributed by atoms with Crippen LogP contribution in [-0.2, 0) is 26.2 Å². The number of carbonyl (C=O) groups is 2. The number of hydrogen-bond acceptors (Lipinski definition) is 4. The molecule has 1 aliphatic rings. The minimum absolute atomic E-state index is 0.0181. The second-order valence-electron chi connectivity index (χ2n) is 10.8. The molecule has 3 aromatic rings. The van der Waals surface area contributed by atoms with E-state index in [4.69, 9.17) is 11.6 Å². The van der Waals surface area contributed by atoms with E-state index in [1.165, 1.54) is 29.2 Å². The predicted octanol–water partition coefficient (Wildman–Crippen LogP) is 6.02. The zero-order valence-corrected chi connectivity index (χ0v) is 25.4. The van der Waals surface area contributed by atoms with Crippen LogP contribution in [0.3, 0.4) is 0 Å². The van der Waals surface area contributed by atoms with Gasteiger partial charge in [-0.25, -0.2) is 8.42 Å². The summed E-state index contributed by atoms with van der Waals surface area (Å²) in [5.41, 5.74) is 3.10. The average Bonchev–Trinajstić information content (AvgIpc) is 2.95. The molecule has 0 aromatic heterocycles. The van der Waals surface area contributed by atoms with Crippen molar-refractivity contribution in [3.8, 4) is 0 Å². The van der Waals surface area contributed by atoms with E-state index in [0.29, 0.717) is 10.7 Å². The highest BCUT2D eigenvalue weighted by molar-refractivity contribution is 7.92. The molecular weight excluding hydrogens is 558 g/mol. The number of halogens is 1. The molecule has 218 valence electrons. The molecule has 0 saturated heterocycles. The standard InChI is InChI=1S/C32H38ClN3O4S/c1-23-9-7-11-26(19-23)21-35(25(3)32(38)34-28-12-5-4-6-13-28)31(37)22-36(29-14-8-10-24(2)20-29)41(39,40)30-17-15-27(33)16-18-30/h7-11,14-20,25,28H,4-6,12-13,21-22H2,1-3H3,(H,34,38)/t25-/m1/s1. The molecule has 0 radical (unpaired) electrons. The van der Waals surface area contributed by atoms with Crippen LogP contribution in [0.4, 0.5) is 5.69 Å². The van der Waals surface area contributed by atoms with E-state index >= 15 is 0 Å². The number of nitrogens with zero attached hydrogens (tertiary/aromatic N) is 2. The van der Waals surface area contributed by atoms with Crippen LogP contribution in [0, 0.1) is 13.8 Å². The van der Waals surface area contributed by atoms with Gasteiger partial charge < -0.3 is 10.2 Å². The summed E-state index contributed by atoms with van der Waals surface area (Å²) in [6, 6.07) is 19.9. The number of carbonyl (C=O) groups excluding carboxylic acids is 2. The Morgan fingerprint density at radius 3 is 2.20 bits per heavy atom. The van der Waals surface area contributed by atoms with Gasteiger partial charge in [-0.05, 0) is 81.1 Å². The van der Waals surface area contributed by atoms with Crippen molar-refractivity contribution in [2.24, 2.45) is 0 Å². The highest BCUT2D eigenvalue weighted by Gasteiger charge is 2.33. The predicted molar refractivity (Wildman–Crippen MR) is 163 cm³/mol. The van der Waals surface area contributed by atoms with E-state index < -0.39 is 28.5 Å². The molecule has 3 aromatic carbocycles. The van der Waals surface area contributed by atoms with Crippen molar-refractivity contribution in [3.05, 3.63) is 94.5 Å². The second-order valence-corrected chi connectivity index (χ2v) is 13.1. The fourth-order valence-corrected chi connectivity index (χ4v) is 6.74. The molecule has 1 aliphatic carbocycles. The third-order valence-corrected chi connectivity index (χ3v) is 9.56.